The van der Waals surface area contributed by atoms with Crippen LogP contribution in [0.4, 0.5) is 0 Å². The molecule has 17 heavy (non-hydrogen) atoms. The number of nitrogens with one attached hydrogen (secondary N) is 1. The van der Waals surface area contributed by atoms with Crippen LogP contribution in [-0.4, -0.2) is 22.9 Å². The third-order valence-corrected chi connectivity index (χ3v) is 3.05. The van der Waals surface area contributed by atoms with Gasteiger partial charge in [-0.25, -0.2) is 4.68 Å². The lowest BCUT2D eigenvalue weighted by molar-refractivity contribution is 0.556. The Hall–Kier alpha value is -1.61. The average molecular weight is 229 g/mol. The van der Waals surface area contributed by atoms with Crippen molar-refractivity contribution in [1.82, 2.24) is 15.1 Å². The summed E-state index contributed by atoms with van der Waals surface area (Å²) in [7, 11) is 2.00. The van der Waals surface area contributed by atoms with Gasteiger partial charge in [-0.05, 0) is 45.0 Å². The maximum atomic E-state index is 4.39. The van der Waals surface area contributed by atoms with E-state index in [2.05, 4.69) is 35.5 Å². The lowest BCUT2D eigenvalue weighted by atomic mass is 10.1. The van der Waals surface area contributed by atoms with Gasteiger partial charge in [0.25, 0.3) is 0 Å². The van der Waals surface area contributed by atoms with Gasteiger partial charge in [0.15, 0.2) is 0 Å². The Bertz CT molecular complexity index is 448. The molecule has 1 aromatic heterocycles. The van der Waals surface area contributed by atoms with Crippen molar-refractivity contribution >= 4 is 0 Å². The molecule has 0 saturated heterocycles. The Labute approximate surface area is 102 Å². The smallest absolute Gasteiger partial charge is 0.0648 e. The highest BCUT2D eigenvalue weighted by molar-refractivity contribution is 5.32. The van der Waals surface area contributed by atoms with E-state index >= 15 is 0 Å². The molecular weight excluding hydrogens is 210 g/mol. The molecule has 1 atom stereocenters. The fourth-order valence-corrected chi connectivity index (χ4v) is 1.83. The minimum atomic E-state index is 0.536. The van der Waals surface area contributed by atoms with Crippen LogP contribution < -0.4 is 5.32 Å². The fraction of sp³-hybridized carbons (Fsp3) is 0.357. The molecular formula is C14H19N3. The lowest BCUT2D eigenvalue weighted by Gasteiger charge is -2.11. The van der Waals surface area contributed by atoms with E-state index in [4.69, 9.17) is 0 Å². The molecule has 0 aliphatic heterocycles. The maximum Gasteiger partial charge on any atom is 0.0648 e. The van der Waals surface area contributed by atoms with Gasteiger partial charge >= 0.3 is 0 Å². The van der Waals surface area contributed by atoms with Crippen LogP contribution in [0.2, 0.25) is 0 Å². The molecule has 1 N–H and O–H groups in total. The summed E-state index contributed by atoms with van der Waals surface area (Å²) in [6, 6.07) is 12.9. The van der Waals surface area contributed by atoms with Crippen LogP contribution in [0.25, 0.3) is 5.69 Å². The number of nitrogens with zero attached hydrogens (tertiary/aromatic N) is 2. The fourth-order valence-electron chi connectivity index (χ4n) is 1.83. The van der Waals surface area contributed by atoms with Gasteiger partial charge in [0, 0.05) is 17.9 Å². The van der Waals surface area contributed by atoms with E-state index < -0.39 is 0 Å². The highest BCUT2D eigenvalue weighted by Gasteiger charge is 2.06. The molecule has 0 bridgehead atoms. The largest absolute Gasteiger partial charge is 0.317 e. The number of benzene rings is 1. The second kappa shape index (κ2) is 5.64. The summed E-state index contributed by atoms with van der Waals surface area (Å²) in [4.78, 5) is 0. The molecule has 3 nitrogen and oxygen atoms in total. The summed E-state index contributed by atoms with van der Waals surface area (Å²) < 4.78 is 2.02. The molecule has 0 amide bonds. The Morgan fingerprint density at radius 2 is 2.00 bits per heavy atom. The number of aromatic nitrogens is 2. The van der Waals surface area contributed by atoms with Gasteiger partial charge in [0.05, 0.1) is 5.69 Å². The monoisotopic (exact) mass is 229 g/mol. The van der Waals surface area contributed by atoms with Crippen LogP contribution in [0.15, 0.2) is 42.6 Å². The zero-order chi connectivity index (χ0) is 12.1. The second-order valence-electron chi connectivity index (χ2n) is 4.30. The first-order valence-corrected chi connectivity index (χ1v) is 6.07. The average Bonchev–Trinajstić information content (AvgIpc) is 2.85. The van der Waals surface area contributed by atoms with Gasteiger partial charge in [-0.2, -0.15) is 5.10 Å². The SMILES string of the molecule is CNC(C)CCc1ccnn1-c1ccccc1. The number of hydrogen-bond donors (Lipinski definition) is 1. The number of para-hydroxylation sites is 1. The lowest BCUT2D eigenvalue weighted by Crippen LogP contribution is -2.22. The Morgan fingerprint density at radius 3 is 2.71 bits per heavy atom. The van der Waals surface area contributed by atoms with Crippen molar-refractivity contribution in [2.75, 3.05) is 7.05 Å². The zero-order valence-electron chi connectivity index (χ0n) is 10.4. The molecule has 90 valence electrons. The second-order valence-corrected chi connectivity index (χ2v) is 4.30. The molecule has 1 heterocycles. The van der Waals surface area contributed by atoms with Gasteiger partial charge in [-0.1, -0.05) is 18.2 Å². The van der Waals surface area contributed by atoms with Crippen molar-refractivity contribution < 1.29 is 0 Å². The van der Waals surface area contributed by atoms with Gasteiger partial charge in [-0.3, -0.25) is 0 Å². The Balaban J connectivity index is 2.12. The third kappa shape index (κ3) is 2.94. The minimum Gasteiger partial charge on any atom is -0.317 e. The summed E-state index contributed by atoms with van der Waals surface area (Å²) >= 11 is 0. The van der Waals surface area contributed by atoms with E-state index in [1.165, 1.54) is 5.69 Å². The summed E-state index contributed by atoms with van der Waals surface area (Å²) in [6.07, 6.45) is 4.03. The highest BCUT2D eigenvalue weighted by atomic mass is 15.3. The van der Waals surface area contributed by atoms with Crippen molar-refractivity contribution in [2.45, 2.75) is 25.8 Å². The molecule has 0 spiro atoms. The molecule has 0 saturated carbocycles. The molecule has 3 heteroatoms. The normalized spacial score (nSPS) is 12.6. The van der Waals surface area contributed by atoms with Crippen molar-refractivity contribution in [2.24, 2.45) is 0 Å². The molecule has 2 aromatic rings. The summed E-state index contributed by atoms with van der Waals surface area (Å²) in [5.41, 5.74) is 2.39. The molecule has 0 aliphatic carbocycles. The number of aryl methyl sites for hydroxylation is 1. The van der Waals surface area contributed by atoms with Crippen LogP contribution in [0, 0.1) is 0 Å². The van der Waals surface area contributed by atoms with Crippen LogP contribution in [0.3, 0.4) is 0 Å². The first-order chi connectivity index (χ1) is 8.31. The van der Waals surface area contributed by atoms with Gasteiger partial charge < -0.3 is 5.32 Å². The van der Waals surface area contributed by atoms with E-state index in [0.717, 1.165) is 18.5 Å². The van der Waals surface area contributed by atoms with Gasteiger partial charge in [0.2, 0.25) is 0 Å². The van der Waals surface area contributed by atoms with E-state index in [9.17, 15) is 0 Å². The van der Waals surface area contributed by atoms with Crippen LogP contribution in [-0.2, 0) is 6.42 Å². The molecule has 1 aromatic carbocycles. The standard InChI is InChI=1S/C14H19N3/c1-12(15-2)8-9-14-10-11-16-17(14)13-6-4-3-5-7-13/h3-7,10-12,15H,8-9H2,1-2H3. The van der Waals surface area contributed by atoms with Crippen molar-refractivity contribution in [3.63, 3.8) is 0 Å². The van der Waals surface area contributed by atoms with Crippen molar-refractivity contribution in [3.05, 3.63) is 48.3 Å². The minimum absolute atomic E-state index is 0.536. The van der Waals surface area contributed by atoms with E-state index in [1.807, 2.05) is 36.1 Å². The first kappa shape index (κ1) is 11.9. The molecule has 0 radical (unpaired) electrons. The van der Waals surface area contributed by atoms with Crippen molar-refractivity contribution in [1.29, 1.82) is 0 Å². The van der Waals surface area contributed by atoms with E-state index in [0.29, 0.717) is 6.04 Å². The van der Waals surface area contributed by atoms with Crippen molar-refractivity contribution in [3.8, 4) is 5.69 Å². The molecule has 0 aliphatic rings. The zero-order valence-corrected chi connectivity index (χ0v) is 10.4. The quantitative estimate of drug-likeness (QED) is 0.853. The number of rotatable bonds is 5. The topological polar surface area (TPSA) is 29.9 Å². The summed E-state index contributed by atoms with van der Waals surface area (Å²) in [6.45, 7) is 2.20. The summed E-state index contributed by atoms with van der Waals surface area (Å²) in [5, 5.41) is 7.64. The van der Waals surface area contributed by atoms with Gasteiger partial charge in [0.1, 0.15) is 0 Å². The van der Waals surface area contributed by atoms with E-state index in [-0.39, 0.29) is 0 Å². The van der Waals surface area contributed by atoms with Gasteiger partial charge in [-0.15, -0.1) is 0 Å². The van der Waals surface area contributed by atoms with Crippen LogP contribution in [0.5, 0.6) is 0 Å². The predicted molar refractivity (Wildman–Crippen MR) is 70.4 cm³/mol. The molecule has 1 unspecified atom stereocenters. The first-order valence-electron chi connectivity index (χ1n) is 6.07. The Kier molecular flexibility index (Phi) is 3.94. The third-order valence-electron chi connectivity index (χ3n) is 3.05. The molecule has 2 rings (SSSR count). The summed E-state index contributed by atoms with van der Waals surface area (Å²) in [5.74, 6) is 0. The molecule has 0 fully saturated rings. The van der Waals surface area contributed by atoms with Crippen LogP contribution in [0.1, 0.15) is 19.0 Å². The predicted octanol–water partition coefficient (Wildman–Crippen LogP) is 2.41. The highest BCUT2D eigenvalue weighted by Crippen LogP contribution is 2.12. The van der Waals surface area contributed by atoms with Crippen LogP contribution >= 0.6 is 0 Å². The maximum absolute atomic E-state index is 4.39. The number of hydrogen-bond acceptors (Lipinski definition) is 2. The Morgan fingerprint density at radius 1 is 1.24 bits per heavy atom. The van der Waals surface area contributed by atoms with E-state index in [1.54, 1.807) is 0 Å².